The highest BCUT2D eigenvalue weighted by molar-refractivity contribution is 5.89. The highest BCUT2D eigenvalue weighted by Gasteiger charge is 2.38. The lowest BCUT2D eigenvalue weighted by Crippen LogP contribution is -2.46. The molecule has 1 saturated heterocycles. The standard InChI is InChI=1S/C18H32N2O2/c1-5-15(6-2)20-11-14(10-17(20)21)18(22)19-16-9-7-8-12(3)13(16)4/h12-16H,5-11H2,1-4H3,(H,19,22). The summed E-state index contributed by atoms with van der Waals surface area (Å²) in [5.74, 6) is 1.29. The van der Waals surface area contributed by atoms with Crippen molar-refractivity contribution in [1.29, 1.82) is 0 Å². The second-order valence-electron chi connectivity index (χ2n) is 7.30. The van der Waals surface area contributed by atoms with Gasteiger partial charge in [0.15, 0.2) is 0 Å². The maximum Gasteiger partial charge on any atom is 0.225 e. The average Bonchev–Trinajstić information content (AvgIpc) is 2.88. The summed E-state index contributed by atoms with van der Waals surface area (Å²) in [6.07, 6.45) is 5.85. The Morgan fingerprint density at radius 3 is 2.59 bits per heavy atom. The second-order valence-corrected chi connectivity index (χ2v) is 7.30. The summed E-state index contributed by atoms with van der Waals surface area (Å²) < 4.78 is 0. The predicted molar refractivity (Wildman–Crippen MR) is 88.3 cm³/mol. The predicted octanol–water partition coefficient (Wildman–Crippen LogP) is 2.96. The van der Waals surface area contributed by atoms with Crippen LogP contribution in [0, 0.1) is 17.8 Å². The van der Waals surface area contributed by atoms with E-state index in [0.29, 0.717) is 30.8 Å². The molecule has 4 unspecified atom stereocenters. The molecule has 0 aromatic rings. The minimum atomic E-state index is -0.155. The van der Waals surface area contributed by atoms with Gasteiger partial charge in [0.25, 0.3) is 0 Å². The summed E-state index contributed by atoms with van der Waals surface area (Å²) in [6.45, 7) is 9.34. The van der Waals surface area contributed by atoms with Gasteiger partial charge in [-0.25, -0.2) is 0 Å². The van der Waals surface area contributed by atoms with E-state index in [1.165, 1.54) is 12.8 Å². The van der Waals surface area contributed by atoms with Crippen LogP contribution in [-0.4, -0.2) is 35.3 Å². The molecule has 4 atom stereocenters. The molecule has 4 heteroatoms. The third-order valence-electron chi connectivity index (χ3n) is 5.95. The molecule has 2 aliphatic rings. The quantitative estimate of drug-likeness (QED) is 0.849. The highest BCUT2D eigenvalue weighted by atomic mass is 16.2. The van der Waals surface area contributed by atoms with E-state index in [2.05, 4.69) is 33.0 Å². The van der Waals surface area contributed by atoms with E-state index in [4.69, 9.17) is 0 Å². The van der Waals surface area contributed by atoms with Crippen LogP contribution in [0.15, 0.2) is 0 Å². The number of nitrogens with one attached hydrogen (secondary N) is 1. The molecule has 1 N–H and O–H groups in total. The van der Waals surface area contributed by atoms with E-state index in [0.717, 1.165) is 19.3 Å². The van der Waals surface area contributed by atoms with Gasteiger partial charge in [-0.2, -0.15) is 0 Å². The molecule has 0 radical (unpaired) electrons. The van der Waals surface area contributed by atoms with Gasteiger partial charge < -0.3 is 10.2 Å². The van der Waals surface area contributed by atoms with Crippen LogP contribution in [-0.2, 0) is 9.59 Å². The topological polar surface area (TPSA) is 49.4 Å². The van der Waals surface area contributed by atoms with E-state index in [9.17, 15) is 9.59 Å². The lowest BCUT2D eigenvalue weighted by molar-refractivity contribution is -0.130. The molecular formula is C18H32N2O2. The Kier molecular flexibility index (Phi) is 5.87. The molecule has 126 valence electrons. The van der Waals surface area contributed by atoms with Gasteiger partial charge in [-0.15, -0.1) is 0 Å². The molecule has 0 aromatic carbocycles. The van der Waals surface area contributed by atoms with Crippen molar-refractivity contribution in [3.63, 3.8) is 0 Å². The molecule has 1 saturated carbocycles. The van der Waals surface area contributed by atoms with Crippen LogP contribution in [0.1, 0.15) is 66.2 Å². The molecule has 0 aromatic heterocycles. The van der Waals surface area contributed by atoms with Crippen molar-refractivity contribution in [2.75, 3.05) is 6.54 Å². The summed E-state index contributed by atoms with van der Waals surface area (Å²) in [6, 6.07) is 0.576. The number of rotatable bonds is 5. The van der Waals surface area contributed by atoms with Crippen LogP contribution in [0.25, 0.3) is 0 Å². The zero-order valence-corrected chi connectivity index (χ0v) is 14.6. The van der Waals surface area contributed by atoms with Crippen LogP contribution < -0.4 is 5.32 Å². The second kappa shape index (κ2) is 7.47. The van der Waals surface area contributed by atoms with Gasteiger partial charge in [-0.05, 0) is 31.1 Å². The van der Waals surface area contributed by atoms with Crippen molar-refractivity contribution in [3.05, 3.63) is 0 Å². The minimum Gasteiger partial charge on any atom is -0.353 e. The fourth-order valence-corrected chi connectivity index (χ4v) is 4.08. The van der Waals surface area contributed by atoms with E-state index in [1.54, 1.807) is 0 Å². The van der Waals surface area contributed by atoms with Gasteiger partial charge in [0, 0.05) is 25.0 Å². The first-order chi connectivity index (χ1) is 10.5. The summed E-state index contributed by atoms with van der Waals surface area (Å²) >= 11 is 0. The molecule has 2 amide bonds. The van der Waals surface area contributed by atoms with E-state index < -0.39 is 0 Å². The Balaban J connectivity index is 1.92. The van der Waals surface area contributed by atoms with Crippen LogP contribution in [0.4, 0.5) is 0 Å². The first kappa shape index (κ1) is 17.3. The fraction of sp³-hybridized carbons (Fsp3) is 0.889. The smallest absolute Gasteiger partial charge is 0.225 e. The van der Waals surface area contributed by atoms with Crippen molar-refractivity contribution in [3.8, 4) is 0 Å². The fourth-order valence-electron chi connectivity index (χ4n) is 4.08. The maximum absolute atomic E-state index is 12.6. The third-order valence-corrected chi connectivity index (χ3v) is 5.95. The summed E-state index contributed by atoms with van der Waals surface area (Å²) in [7, 11) is 0. The molecule has 22 heavy (non-hydrogen) atoms. The van der Waals surface area contributed by atoms with Gasteiger partial charge in [0.1, 0.15) is 0 Å². The van der Waals surface area contributed by atoms with E-state index >= 15 is 0 Å². The van der Waals surface area contributed by atoms with Gasteiger partial charge in [0.05, 0.1) is 5.92 Å². The van der Waals surface area contributed by atoms with Crippen LogP contribution in [0.2, 0.25) is 0 Å². The molecule has 4 nitrogen and oxygen atoms in total. The first-order valence-electron chi connectivity index (χ1n) is 9.07. The molecule has 1 aliphatic carbocycles. The Morgan fingerprint density at radius 2 is 1.95 bits per heavy atom. The third kappa shape index (κ3) is 3.64. The summed E-state index contributed by atoms with van der Waals surface area (Å²) in [4.78, 5) is 26.7. The minimum absolute atomic E-state index is 0.0905. The first-order valence-corrected chi connectivity index (χ1v) is 9.07. The van der Waals surface area contributed by atoms with E-state index in [1.807, 2.05) is 4.90 Å². The largest absolute Gasteiger partial charge is 0.353 e. The number of carbonyl (C=O) groups excluding carboxylic acids is 2. The van der Waals surface area contributed by atoms with Gasteiger partial charge >= 0.3 is 0 Å². The van der Waals surface area contributed by atoms with Crippen molar-refractivity contribution in [2.45, 2.75) is 78.3 Å². The molecule has 2 fully saturated rings. The summed E-state index contributed by atoms with van der Waals surface area (Å²) in [5, 5.41) is 3.24. The lowest BCUT2D eigenvalue weighted by Gasteiger charge is -2.35. The van der Waals surface area contributed by atoms with Crippen molar-refractivity contribution in [2.24, 2.45) is 17.8 Å². The highest BCUT2D eigenvalue weighted by Crippen LogP contribution is 2.30. The molecule has 0 spiro atoms. The van der Waals surface area contributed by atoms with Crippen molar-refractivity contribution in [1.82, 2.24) is 10.2 Å². The zero-order valence-electron chi connectivity index (χ0n) is 14.6. The lowest BCUT2D eigenvalue weighted by atomic mass is 9.78. The molecule has 1 aliphatic heterocycles. The zero-order chi connectivity index (χ0) is 16.3. The Bertz CT molecular complexity index is 406. The SMILES string of the molecule is CCC(CC)N1CC(C(=O)NC2CCCC(C)C2C)CC1=O. The Morgan fingerprint density at radius 1 is 1.27 bits per heavy atom. The number of hydrogen-bond donors (Lipinski definition) is 1. The summed E-state index contributed by atoms with van der Waals surface area (Å²) in [5.41, 5.74) is 0. The normalized spacial score (nSPS) is 32.6. The molecule has 0 bridgehead atoms. The Hall–Kier alpha value is -1.06. The number of hydrogen-bond acceptors (Lipinski definition) is 2. The van der Waals surface area contributed by atoms with Crippen LogP contribution >= 0.6 is 0 Å². The average molecular weight is 308 g/mol. The van der Waals surface area contributed by atoms with Crippen LogP contribution in [0.5, 0.6) is 0 Å². The van der Waals surface area contributed by atoms with Crippen molar-refractivity contribution < 1.29 is 9.59 Å². The number of carbonyl (C=O) groups is 2. The number of amides is 2. The monoisotopic (exact) mass is 308 g/mol. The van der Waals surface area contributed by atoms with Crippen molar-refractivity contribution >= 4 is 11.8 Å². The van der Waals surface area contributed by atoms with Gasteiger partial charge in [-0.1, -0.05) is 40.5 Å². The van der Waals surface area contributed by atoms with Crippen LogP contribution in [0.3, 0.4) is 0 Å². The molecule has 2 rings (SSSR count). The van der Waals surface area contributed by atoms with Gasteiger partial charge in [-0.3, -0.25) is 9.59 Å². The number of likely N-dealkylation sites (tertiary alicyclic amines) is 1. The number of nitrogens with zero attached hydrogens (tertiary/aromatic N) is 1. The van der Waals surface area contributed by atoms with E-state index in [-0.39, 0.29) is 23.8 Å². The van der Waals surface area contributed by atoms with Gasteiger partial charge in [0.2, 0.25) is 11.8 Å². The molecular weight excluding hydrogens is 276 g/mol. The maximum atomic E-state index is 12.6. The Labute approximate surface area is 135 Å². The molecule has 1 heterocycles.